The number of hydrogen-bond donors (Lipinski definition) is 1. The molecule has 2 aromatic carbocycles. The van der Waals surface area contributed by atoms with Gasteiger partial charge >= 0.3 is 0 Å². The van der Waals surface area contributed by atoms with Crippen LogP contribution in [0.4, 0.5) is 10.2 Å². The normalized spacial score (nSPS) is 11.5. The third-order valence-corrected chi connectivity index (χ3v) is 5.71. The molecule has 0 bridgehead atoms. The van der Waals surface area contributed by atoms with E-state index in [1.165, 1.54) is 12.4 Å². The summed E-state index contributed by atoms with van der Waals surface area (Å²) in [6.45, 7) is 4.16. The van der Waals surface area contributed by atoms with Crippen LogP contribution in [0.2, 0.25) is 0 Å². The molecule has 0 radical (unpaired) electrons. The van der Waals surface area contributed by atoms with Gasteiger partial charge in [-0.25, -0.2) is 19.0 Å². The van der Waals surface area contributed by atoms with Crippen molar-refractivity contribution in [3.05, 3.63) is 88.0 Å². The summed E-state index contributed by atoms with van der Waals surface area (Å²) >= 11 is 0. The van der Waals surface area contributed by atoms with Crippen molar-refractivity contribution < 1.29 is 4.39 Å². The van der Waals surface area contributed by atoms with Crippen molar-refractivity contribution >= 4 is 27.6 Å². The minimum atomic E-state index is -0.542. The van der Waals surface area contributed by atoms with Gasteiger partial charge in [0.1, 0.15) is 18.0 Å². The van der Waals surface area contributed by atoms with E-state index in [0.717, 1.165) is 11.3 Å². The Kier molecular flexibility index (Phi) is 4.70. The van der Waals surface area contributed by atoms with Crippen molar-refractivity contribution in [3.8, 4) is 5.69 Å². The second-order valence-corrected chi connectivity index (χ2v) is 7.68. The Hall–Kier alpha value is -4.07. The summed E-state index contributed by atoms with van der Waals surface area (Å²) in [5.74, 6) is -0.172. The lowest BCUT2D eigenvalue weighted by molar-refractivity contribution is 0.634. The molecule has 2 N–H and O–H groups in total. The maximum atomic E-state index is 14.6. The predicted octanol–water partition coefficient (Wildman–Crippen LogP) is 3.77. The summed E-state index contributed by atoms with van der Waals surface area (Å²) in [5, 5.41) is 6.01. The molecule has 3 heterocycles. The first-order valence-electron chi connectivity index (χ1n) is 10.3. The van der Waals surface area contributed by atoms with Crippen molar-refractivity contribution in [2.45, 2.75) is 26.8 Å². The summed E-state index contributed by atoms with van der Waals surface area (Å²) < 4.78 is 17.9. The van der Waals surface area contributed by atoms with Crippen LogP contribution in [-0.4, -0.2) is 24.3 Å². The van der Waals surface area contributed by atoms with Crippen molar-refractivity contribution in [2.24, 2.45) is 0 Å². The van der Waals surface area contributed by atoms with Crippen LogP contribution in [0.1, 0.15) is 23.9 Å². The van der Waals surface area contributed by atoms with Gasteiger partial charge in [-0.15, -0.1) is 0 Å². The van der Waals surface area contributed by atoms with Crippen molar-refractivity contribution in [1.82, 2.24) is 24.3 Å². The van der Waals surface area contributed by atoms with Crippen LogP contribution < -0.4 is 11.3 Å². The lowest BCUT2D eigenvalue weighted by Crippen LogP contribution is -2.25. The van der Waals surface area contributed by atoms with Gasteiger partial charge in [-0.05, 0) is 42.5 Å². The van der Waals surface area contributed by atoms with Gasteiger partial charge in [0.05, 0.1) is 28.7 Å². The fourth-order valence-electron chi connectivity index (χ4n) is 4.18. The molecule has 0 aliphatic carbocycles. The van der Waals surface area contributed by atoms with Crippen molar-refractivity contribution in [2.75, 3.05) is 5.73 Å². The maximum absolute atomic E-state index is 14.6. The summed E-state index contributed by atoms with van der Waals surface area (Å²) in [4.78, 5) is 22.0. The molecule has 0 aliphatic heterocycles. The molecule has 0 atom stereocenters. The Bertz CT molecular complexity index is 1550. The van der Waals surface area contributed by atoms with Crippen LogP contribution >= 0.6 is 0 Å². The summed E-state index contributed by atoms with van der Waals surface area (Å²) in [7, 11) is 0. The average Bonchev–Trinajstić information content (AvgIpc) is 3.14. The third-order valence-electron chi connectivity index (χ3n) is 5.71. The second kappa shape index (κ2) is 7.56. The van der Waals surface area contributed by atoms with Crippen molar-refractivity contribution in [3.63, 3.8) is 0 Å². The lowest BCUT2D eigenvalue weighted by atomic mass is 10.1. The Balaban J connectivity index is 1.81. The number of halogens is 1. The van der Waals surface area contributed by atoms with Gasteiger partial charge in [0, 0.05) is 5.69 Å². The largest absolute Gasteiger partial charge is 0.383 e. The van der Waals surface area contributed by atoms with Crippen LogP contribution in [0.5, 0.6) is 0 Å². The number of pyridine rings is 1. The standard InChI is InChI=1S/C24H21FN6O/c1-3-18-21-22(26)27-13-28-23(21)30(29-18)12-16-11-15-8-6-9-17(25)20(15)24(32)31(16)19-10-5-4-7-14(19)2/h4-11,13H,3,12H2,1-2H3,(H2,26,27,28). The Morgan fingerprint density at radius 1 is 1.06 bits per heavy atom. The number of nitrogens with zero attached hydrogens (tertiary/aromatic N) is 5. The molecule has 3 aromatic heterocycles. The van der Waals surface area contributed by atoms with E-state index in [1.807, 2.05) is 44.2 Å². The zero-order valence-electron chi connectivity index (χ0n) is 17.7. The zero-order valence-corrected chi connectivity index (χ0v) is 17.7. The molecule has 5 aromatic rings. The molecule has 160 valence electrons. The highest BCUT2D eigenvalue weighted by molar-refractivity contribution is 5.88. The van der Waals surface area contributed by atoms with Crippen LogP contribution in [-0.2, 0) is 13.0 Å². The molecule has 0 spiro atoms. The first-order chi connectivity index (χ1) is 15.5. The highest BCUT2D eigenvalue weighted by Crippen LogP contribution is 2.25. The van der Waals surface area contributed by atoms with Crippen LogP contribution in [0.3, 0.4) is 0 Å². The van der Waals surface area contributed by atoms with Crippen LogP contribution in [0.25, 0.3) is 27.5 Å². The van der Waals surface area contributed by atoms with Crippen molar-refractivity contribution in [1.29, 1.82) is 0 Å². The number of benzene rings is 2. The van der Waals surface area contributed by atoms with Gasteiger partial charge in [-0.2, -0.15) is 5.10 Å². The first kappa shape index (κ1) is 19.9. The lowest BCUT2D eigenvalue weighted by Gasteiger charge is -2.17. The van der Waals surface area contributed by atoms with Gasteiger partial charge in [0.2, 0.25) is 0 Å². The topological polar surface area (TPSA) is 91.6 Å². The number of nitrogens with two attached hydrogens (primary N) is 1. The van der Waals surface area contributed by atoms with Gasteiger partial charge in [0.25, 0.3) is 5.56 Å². The minimum Gasteiger partial charge on any atom is -0.383 e. The number of aromatic nitrogens is 5. The van der Waals surface area contributed by atoms with Gasteiger partial charge in [0.15, 0.2) is 5.65 Å². The summed E-state index contributed by atoms with van der Waals surface area (Å²) in [6.07, 6.45) is 2.06. The molecule has 32 heavy (non-hydrogen) atoms. The van der Waals surface area contributed by atoms with E-state index in [1.54, 1.807) is 21.4 Å². The fourth-order valence-corrected chi connectivity index (χ4v) is 4.18. The Morgan fingerprint density at radius 3 is 2.66 bits per heavy atom. The van der Waals surface area contributed by atoms with E-state index in [9.17, 15) is 9.18 Å². The molecular formula is C24H21FN6O. The van der Waals surface area contributed by atoms with E-state index in [2.05, 4.69) is 9.97 Å². The van der Waals surface area contributed by atoms with Gasteiger partial charge < -0.3 is 5.73 Å². The maximum Gasteiger partial charge on any atom is 0.266 e. The Labute approximate surface area is 183 Å². The highest BCUT2D eigenvalue weighted by atomic mass is 19.1. The molecule has 0 saturated heterocycles. The number of aryl methyl sites for hydroxylation is 2. The molecule has 5 rings (SSSR count). The van der Waals surface area contributed by atoms with Gasteiger partial charge in [-0.3, -0.25) is 9.36 Å². The monoisotopic (exact) mass is 428 g/mol. The third kappa shape index (κ3) is 3.03. The summed E-state index contributed by atoms with van der Waals surface area (Å²) in [6, 6.07) is 14.0. The van der Waals surface area contributed by atoms with E-state index in [4.69, 9.17) is 10.8 Å². The number of nitrogen functional groups attached to an aromatic ring is 1. The number of hydrogen-bond acceptors (Lipinski definition) is 5. The molecule has 0 unspecified atom stereocenters. The van der Waals surface area contributed by atoms with E-state index >= 15 is 0 Å². The van der Waals surface area contributed by atoms with Crippen LogP contribution in [0.15, 0.2) is 59.7 Å². The number of fused-ring (bicyclic) bond motifs is 2. The summed E-state index contributed by atoms with van der Waals surface area (Å²) in [5.41, 5.74) is 9.32. The molecule has 0 amide bonds. The molecule has 0 aliphatic rings. The van der Waals surface area contributed by atoms with E-state index < -0.39 is 11.4 Å². The highest BCUT2D eigenvalue weighted by Gasteiger charge is 2.19. The average molecular weight is 428 g/mol. The zero-order chi connectivity index (χ0) is 22.4. The molecule has 0 fully saturated rings. The quantitative estimate of drug-likeness (QED) is 0.470. The fraction of sp³-hybridized carbons (Fsp3) is 0.167. The number of rotatable bonds is 4. The number of para-hydroxylation sites is 1. The van der Waals surface area contributed by atoms with E-state index in [0.29, 0.717) is 40.0 Å². The minimum absolute atomic E-state index is 0.0608. The van der Waals surface area contributed by atoms with Crippen LogP contribution in [0, 0.1) is 12.7 Å². The molecule has 0 saturated carbocycles. The molecule has 8 heteroatoms. The Morgan fingerprint density at radius 2 is 1.88 bits per heavy atom. The number of anilines is 1. The molecule has 7 nitrogen and oxygen atoms in total. The van der Waals surface area contributed by atoms with Gasteiger partial charge in [-0.1, -0.05) is 37.3 Å². The SMILES string of the molecule is CCc1nn(Cc2cc3cccc(F)c3c(=O)n2-c2ccccc2C)c2ncnc(N)c12. The predicted molar refractivity (Wildman–Crippen MR) is 122 cm³/mol. The smallest absolute Gasteiger partial charge is 0.266 e. The first-order valence-corrected chi connectivity index (χ1v) is 10.3. The second-order valence-electron chi connectivity index (χ2n) is 7.68. The van der Waals surface area contributed by atoms with E-state index in [-0.39, 0.29) is 11.9 Å². The molecular weight excluding hydrogens is 407 g/mol.